The van der Waals surface area contributed by atoms with Crippen molar-refractivity contribution in [2.24, 2.45) is 0 Å². The van der Waals surface area contributed by atoms with Crippen LogP contribution in [0.2, 0.25) is 0 Å². The minimum absolute atomic E-state index is 0.125. The zero-order valence-electron chi connectivity index (χ0n) is 14.5. The third-order valence-corrected chi connectivity index (χ3v) is 4.52. The number of furan rings is 1. The van der Waals surface area contributed by atoms with Gasteiger partial charge in [-0.1, -0.05) is 12.1 Å². The molecule has 0 aliphatic rings. The van der Waals surface area contributed by atoms with Crippen molar-refractivity contribution in [1.29, 1.82) is 0 Å². The summed E-state index contributed by atoms with van der Waals surface area (Å²) >= 11 is 3.16. The van der Waals surface area contributed by atoms with Crippen LogP contribution in [0.4, 0.5) is 11.4 Å². The van der Waals surface area contributed by atoms with Gasteiger partial charge in [0.1, 0.15) is 0 Å². The molecule has 0 spiro atoms. The molecule has 0 fully saturated rings. The van der Waals surface area contributed by atoms with Crippen LogP contribution in [0.15, 0.2) is 69.9 Å². The highest BCUT2D eigenvalue weighted by atomic mass is 79.9. The second kappa shape index (κ2) is 7.69. The highest BCUT2D eigenvalue weighted by Gasteiger charge is 2.11. The first kappa shape index (κ1) is 18.0. The van der Waals surface area contributed by atoms with Gasteiger partial charge in [0.25, 0.3) is 5.91 Å². The maximum absolute atomic E-state index is 12.3. The summed E-state index contributed by atoms with van der Waals surface area (Å²) in [5.41, 5.74) is 3.08. The second-order valence-electron chi connectivity index (χ2n) is 6.15. The van der Waals surface area contributed by atoms with E-state index in [1.807, 2.05) is 18.2 Å². The maximum Gasteiger partial charge on any atom is 0.291 e. The molecule has 0 aliphatic carbocycles. The Bertz CT molecular complexity index is 1150. The van der Waals surface area contributed by atoms with Gasteiger partial charge < -0.3 is 15.1 Å². The fraction of sp³-hybridized carbons (Fsp3) is 0.0500. The summed E-state index contributed by atoms with van der Waals surface area (Å²) in [6.07, 6.45) is 1.93. The standard InChI is InChI=1S/C20H15BrN4O3/c21-18-8-7-17(28-18)20(27)24-14-3-1-12(2-4-14)9-19(26)23-15-5-6-16-13(10-15)11-22-25-16/h1-8,10-11H,9H2,(H,22,25)(H,23,26)(H,24,27). The van der Waals surface area contributed by atoms with Crippen LogP contribution < -0.4 is 10.6 Å². The van der Waals surface area contributed by atoms with Crippen LogP contribution in [0.5, 0.6) is 0 Å². The van der Waals surface area contributed by atoms with E-state index >= 15 is 0 Å². The van der Waals surface area contributed by atoms with E-state index in [0.717, 1.165) is 16.5 Å². The Morgan fingerprint density at radius 2 is 1.79 bits per heavy atom. The van der Waals surface area contributed by atoms with Gasteiger partial charge in [-0.05, 0) is 64.0 Å². The molecule has 4 rings (SSSR count). The third kappa shape index (κ3) is 4.12. The zero-order chi connectivity index (χ0) is 19.5. The molecule has 0 saturated heterocycles. The molecule has 0 unspecified atom stereocenters. The Balaban J connectivity index is 1.35. The number of nitrogens with zero attached hydrogens (tertiary/aromatic N) is 1. The lowest BCUT2D eigenvalue weighted by atomic mass is 10.1. The van der Waals surface area contributed by atoms with Crippen molar-refractivity contribution >= 4 is 50.0 Å². The fourth-order valence-electron chi connectivity index (χ4n) is 2.75. The molecule has 0 atom stereocenters. The minimum Gasteiger partial charge on any atom is -0.444 e. The van der Waals surface area contributed by atoms with Crippen molar-refractivity contribution in [2.45, 2.75) is 6.42 Å². The molecule has 28 heavy (non-hydrogen) atoms. The van der Waals surface area contributed by atoms with Gasteiger partial charge in [-0.25, -0.2) is 0 Å². The number of amides is 2. The summed E-state index contributed by atoms with van der Waals surface area (Å²) in [5.74, 6) is -0.254. The van der Waals surface area contributed by atoms with Crippen LogP contribution in [0.3, 0.4) is 0 Å². The number of hydrogen-bond acceptors (Lipinski definition) is 4. The maximum atomic E-state index is 12.3. The summed E-state index contributed by atoms with van der Waals surface area (Å²) in [4.78, 5) is 24.4. The lowest BCUT2D eigenvalue weighted by Gasteiger charge is -2.07. The van der Waals surface area contributed by atoms with E-state index in [2.05, 4.69) is 36.8 Å². The van der Waals surface area contributed by atoms with E-state index in [4.69, 9.17) is 4.42 Å². The lowest BCUT2D eigenvalue weighted by Crippen LogP contribution is -2.14. The first-order chi connectivity index (χ1) is 13.6. The van der Waals surface area contributed by atoms with Crippen molar-refractivity contribution in [2.75, 3.05) is 10.6 Å². The van der Waals surface area contributed by atoms with Gasteiger partial charge in [0.2, 0.25) is 5.91 Å². The average Bonchev–Trinajstić information content (AvgIpc) is 3.31. The summed E-state index contributed by atoms with van der Waals surface area (Å²) in [7, 11) is 0. The number of halogens is 1. The van der Waals surface area contributed by atoms with Gasteiger partial charge in [-0.15, -0.1) is 0 Å². The van der Waals surface area contributed by atoms with Gasteiger partial charge in [0, 0.05) is 16.8 Å². The number of carbonyl (C=O) groups excluding carboxylic acids is 2. The van der Waals surface area contributed by atoms with E-state index in [0.29, 0.717) is 16.0 Å². The topological polar surface area (TPSA) is 100 Å². The van der Waals surface area contributed by atoms with Crippen molar-refractivity contribution in [1.82, 2.24) is 10.2 Å². The Labute approximate surface area is 168 Å². The number of hydrogen-bond donors (Lipinski definition) is 3. The second-order valence-corrected chi connectivity index (χ2v) is 6.93. The SMILES string of the molecule is O=C(Cc1ccc(NC(=O)c2ccc(Br)o2)cc1)Nc1ccc2[nH]ncc2c1. The van der Waals surface area contributed by atoms with Gasteiger partial charge in [-0.3, -0.25) is 14.7 Å². The Kier molecular flexibility index (Phi) is 4.94. The molecule has 2 amide bonds. The first-order valence-electron chi connectivity index (χ1n) is 8.45. The minimum atomic E-state index is -0.342. The summed E-state index contributed by atoms with van der Waals surface area (Å²) in [5, 5.41) is 13.4. The number of rotatable bonds is 5. The molecule has 4 aromatic rings. The van der Waals surface area contributed by atoms with Crippen LogP contribution in [-0.2, 0) is 11.2 Å². The fourth-order valence-corrected chi connectivity index (χ4v) is 3.05. The predicted molar refractivity (Wildman–Crippen MR) is 109 cm³/mol. The van der Waals surface area contributed by atoms with E-state index in [1.165, 1.54) is 0 Å². The molecule has 0 aliphatic heterocycles. The molecule has 2 heterocycles. The summed E-state index contributed by atoms with van der Waals surface area (Å²) in [6, 6.07) is 15.9. The van der Waals surface area contributed by atoms with Crippen molar-refractivity contribution in [3.63, 3.8) is 0 Å². The number of benzene rings is 2. The number of H-pyrrole nitrogens is 1. The third-order valence-electron chi connectivity index (χ3n) is 4.10. The molecule has 3 N–H and O–H groups in total. The van der Waals surface area contributed by atoms with Crippen LogP contribution in [0, 0.1) is 0 Å². The van der Waals surface area contributed by atoms with Gasteiger partial charge in [-0.2, -0.15) is 5.10 Å². The van der Waals surface area contributed by atoms with Gasteiger partial charge >= 0.3 is 0 Å². The predicted octanol–water partition coefficient (Wildman–Crippen LogP) is 4.35. The van der Waals surface area contributed by atoms with Crippen LogP contribution in [0.25, 0.3) is 10.9 Å². The normalized spacial score (nSPS) is 10.8. The molecular formula is C20H15BrN4O3. The molecule has 0 saturated carbocycles. The number of aromatic amines is 1. The van der Waals surface area contributed by atoms with Crippen LogP contribution >= 0.6 is 15.9 Å². The zero-order valence-corrected chi connectivity index (χ0v) is 16.1. The van der Waals surface area contributed by atoms with E-state index in [9.17, 15) is 9.59 Å². The first-order valence-corrected chi connectivity index (χ1v) is 9.25. The Hall–Kier alpha value is -3.39. The van der Waals surface area contributed by atoms with E-state index in [-0.39, 0.29) is 24.0 Å². The molecule has 0 radical (unpaired) electrons. The number of anilines is 2. The van der Waals surface area contributed by atoms with Crippen molar-refractivity contribution in [3.05, 3.63) is 76.8 Å². The van der Waals surface area contributed by atoms with E-state index in [1.54, 1.807) is 42.6 Å². The molecule has 8 heteroatoms. The number of aromatic nitrogens is 2. The molecule has 2 aromatic carbocycles. The highest BCUT2D eigenvalue weighted by molar-refractivity contribution is 9.10. The molecule has 0 bridgehead atoms. The number of fused-ring (bicyclic) bond motifs is 1. The van der Waals surface area contributed by atoms with Crippen LogP contribution in [-0.4, -0.2) is 22.0 Å². The smallest absolute Gasteiger partial charge is 0.291 e. The monoisotopic (exact) mass is 438 g/mol. The van der Waals surface area contributed by atoms with Crippen molar-refractivity contribution < 1.29 is 14.0 Å². The van der Waals surface area contributed by atoms with E-state index < -0.39 is 0 Å². The highest BCUT2D eigenvalue weighted by Crippen LogP contribution is 2.18. The van der Waals surface area contributed by atoms with Gasteiger partial charge in [0.05, 0.1) is 18.1 Å². The quantitative estimate of drug-likeness (QED) is 0.431. The Morgan fingerprint density at radius 3 is 2.54 bits per heavy atom. The lowest BCUT2D eigenvalue weighted by molar-refractivity contribution is -0.115. The molecular weight excluding hydrogens is 424 g/mol. The molecule has 140 valence electrons. The van der Waals surface area contributed by atoms with Crippen molar-refractivity contribution in [3.8, 4) is 0 Å². The largest absolute Gasteiger partial charge is 0.444 e. The average molecular weight is 439 g/mol. The van der Waals surface area contributed by atoms with Crippen LogP contribution in [0.1, 0.15) is 16.1 Å². The van der Waals surface area contributed by atoms with Gasteiger partial charge in [0.15, 0.2) is 10.4 Å². The Morgan fingerprint density at radius 1 is 1.00 bits per heavy atom. The molecule has 7 nitrogen and oxygen atoms in total. The molecule has 2 aromatic heterocycles. The number of carbonyl (C=O) groups is 2. The summed E-state index contributed by atoms with van der Waals surface area (Å²) < 4.78 is 5.71. The summed E-state index contributed by atoms with van der Waals surface area (Å²) in [6.45, 7) is 0. The number of nitrogens with one attached hydrogen (secondary N) is 3.